The second-order valence-corrected chi connectivity index (χ2v) is 12.1. The van der Waals surface area contributed by atoms with Crippen molar-refractivity contribution in [1.82, 2.24) is 0 Å². The first-order valence-electron chi connectivity index (χ1n) is 17.9. The molecule has 0 heterocycles. The van der Waals surface area contributed by atoms with E-state index in [0.717, 1.165) is 25.7 Å². The van der Waals surface area contributed by atoms with Gasteiger partial charge in [-0.15, -0.1) is 0 Å². The van der Waals surface area contributed by atoms with Gasteiger partial charge >= 0.3 is 5.97 Å². The molecule has 0 saturated heterocycles. The number of aliphatic hydroxyl groups excluding tert-OH is 5. The van der Waals surface area contributed by atoms with Crippen molar-refractivity contribution in [2.75, 3.05) is 13.2 Å². The van der Waals surface area contributed by atoms with Crippen molar-refractivity contribution in [3.63, 3.8) is 0 Å². The molecule has 0 fully saturated rings. The zero-order chi connectivity index (χ0) is 31.1. The maximum absolute atomic E-state index is 11.8. The first-order valence-corrected chi connectivity index (χ1v) is 17.2. The molecule has 4 atom stereocenters. The molecule has 0 aliphatic carbocycles. The van der Waals surface area contributed by atoms with Crippen LogP contribution < -0.4 is 0 Å². The minimum absolute atomic E-state index is 0.250. The van der Waals surface area contributed by atoms with E-state index in [9.17, 15) is 25.2 Å². The molecule has 0 aliphatic rings. The predicted octanol–water partition coefficient (Wildman–Crippen LogP) is 7.13. The third kappa shape index (κ3) is 26.6. The van der Waals surface area contributed by atoms with Gasteiger partial charge in [-0.3, -0.25) is 4.79 Å². The number of ether oxygens (including phenoxy) is 1. The highest BCUT2D eigenvalue weighted by atomic mass is 16.5. The zero-order valence-corrected chi connectivity index (χ0v) is 26.4. The second-order valence-electron chi connectivity index (χ2n) is 12.1. The second kappa shape index (κ2) is 30.7. The van der Waals surface area contributed by atoms with Crippen molar-refractivity contribution in [2.45, 2.75) is 198 Å². The summed E-state index contributed by atoms with van der Waals surface area (Å²) in [7, 11) is 0. The van der Waals surface area contributed by atoms with Crippen molar-refractivity contribution in [1.29, 1.82) is 0 Å². The van der Waals surface area contributed by atoms with Gasteiger partial charge in [0.25, 0.3) is 0 Å². The van der Waals surface area contributed by atoms with E-state index in [4.69, 9.17) is 11.2 Å². The molecular formula is C34H68O7. The normalized spacial score (nSPS) is 14.9. The lowest BCUT2D eigenvalue weighted by Crippen LogP contribution is -2.47. The molecule has 0 saturated carbocycles. The lowest BCUT2D eigenvalue weighted by atomic mass is 10.0. The van der Waals surface area contributed by atoms with E-state index in [1.807, 2.05) is 0 Å². The molecule has 7 nitrogen and oxygen atoms in total. The summed E-state index contributed by atoms with van der Waals surface area (Å²) in [5.41, 5.74) is 0. The van der Waals surface area contributed by atoms with E-state index in [2.05, 4.69) is 0 Å². The maximum atomic E-state index is 11.8. The largest absolute Gasteiger partial charge is 0.463 e. The summed E-state index contributed by atoms with van der Waals surface area (Å²) in [5.74, 6) is -0.459. The quantitative estimate of drug-likeness (QED) is 0.0417. The smallest absolute Gasteiger partial charge is 0.305 e. The average Bonchev–Trinajstić information content (AvgIpc) is 3.00. The number of hydrogen-bond donors (Lipinski definition) is 5. The number of hydrogen-bond acceptors (Lipinski definition) is 7. The molecule has 246 valence electrons. The first-order chi connectivity index (χ1) is 20.4. The summed E-state index contributed by atoms with van der Waals surface area (Å²) < 4.78 is 12.1. The fourth-order valence-corrected chi connectivity index (χ4v) is 5.25. The Balaban J connectivity index is 3.29. The molecule has 0 unspecified atom stereocenters. The molecule has 0 amide bonds. The Morgan fingerprint density at radius 2 is 0.854 bits per heavy atom. The molecule has 0 rings (SSSR count). The third-order valence-electron chi connectivity index (χ3n) is 8.12. The van der Waals surface area contributed by atoms with Crippen LogP contribution in [0, 0.1) is 0 Å². The van der Waals surface area contributed by atoms with E-state index >= 15 is 0 Å². The highest BCUT2D eigenvalue weighted by Crippen LogP contribution is 2.16. The molecule has 0 aromatic rings. The van der Waals surface area contributed by atoms with E-state index < -0.39 is 43.6 Å². The molecule has 5 N–H and O–H groups in total. The number of carbonyl (C=O) groups is 1. The Labute approximate surface area is 253 Å². The molecular weight excluding hydrogens is 520 g/mol. The molecule has 41 heavy (non-hydrogen) atoms. The first kappa shape index (κ1) is 38.3. The topological polar surface area (TPSA) is 127 Å². The highest BCUT2D eigenvalue weighted by Gasteiger charge is 2.30. The van der Waals surface area contributed by atoms with Crippen molar-refractivity contribution < 1.29 is 36.4 Å². The Bertz CT molecular complexity index is 566. The standard InChI is InChI=1S/C34H68O7/c1-2-3-4-5-6-7-8-9-10-11-12-13-14-15-16-17-18-19-20-21-22-23-24-25-26-27-32(38)41-29-31(37)34(40)33(39)30(36)28-35/h30-31,33-37,39-40H,2-29H2,1H3/t30-,31+,33+,34+/m0/s1/i1D. The predicted molar refractivity (Wildman–Crippen MR) is 168 cm³/mol. The summed E-state index contributed by atoms with van der Waals surface area (Å²) in [6.45, 7) is -0.618. The number of esters is 1. The molecule has 0 aliphatic heterocycles. The Kier molecular flexibility index (Phi) is 28.7. The lowest BCUT2D eigenvalue weighted by Gasteiger charge is -2.25. The fraction of sp³-hybridized carbons (Fsp3) is 0.971. The van der Waals surface area contributed by atoms with Crippen molar-refractivity contribution in [3.05, 3.63) is 0 Å². The van der Waals surface area contributed by atoms with Crippen LogP contribution in [0.1, 0.15) is 175 Å². The van der Waals surface area contributed by atoms with E-state index in [1.165, 1.54) is 135 Å². The Morgan fingerprint density at radius 1 is 0.537 bits per heavy atom. The molecule has 0 aromatic carbocycles. The van der Waals surface area contributed by atoms with E-state index in [1.54, 1.807) is 0 Å². The summed E-state index contributed by atoms with van der Waals surface area (Å²) in [4.78, 5) is 11.8. The van der Waals surface area contributed by atoms with Gasteiger partial charge in [0.1, 0.15) is 31.0 Å². The van der Waals surface area contributed by atoms with Gasteiger partial charge in [-0.1, -0.05) is 161 Å². The maximum Gasteiger partial charge on any atom is 0.305 e. The van der Waals surface area contributed by atoms with Gasteiger partial charge in [-0.2, -0.15) is 0 Å². The van der Waals surface area contributed by atoms with Gasteiger partial charge in [0.2, 0.25) is 0 Å². The van der Waals surface area contributed by atoms with Crippen LogP contribution in [0.25, 0.3) is 0 Å². The van der Waals surface area contributed by atoms with Crippen LogP contribution in [0.3, 0.4) is 0 Å². The Hall–Kier alpha value is -0.730. The number of rotatable bonds is 32. The van der Waals surface area contributed by atoms with E-state index in [0.29, 0.717) is 6.90 Å². The van der Waals surface area contributed by atoms with Crippen molar-refractivity contribution in [2.24, 2.45) is 0 Å². The van der Waals surface area contributed by atoms with E-state index in [-0.39, 0.29) is 6.42 Å². The van der Waals surface area contributed by atoms with Gasteiger partial charge in [0, 0.05) is 7.79 Å². The van der Waals surface area contributed by atoms with Crippen molar-refractivity contribution in [3.8, 4) is 0 Å². The number of aliphatic hydroxyl groups is 5. The van der Waals surface area contributed by atoms with Crippen LogP contribution in [-0.4, -0.2) is 69.1 Å². The van der Waals surface area contributed by atoms with Crippen LogP contribution in [0.15, 0.2) is 0 Å². The number of unbranched alkanes of at least 4 members (excludes halogenated alkanes) is 24. The summed E-state index contributed by atoms with van der Waals surface area (Å²) in [6, 6.07) is 0. The van der Waals surface area contributed by atoms with Crippen LogP contribution in [0.5, 0.6) is 0 Å². The van der Waals surface area contributed by atoms with Gasteiger partial charge < -0.3 is 30.3 Å². The third-order valence-corrected chi connectivity index (χ3v) is 8.12. The molecule has 0 aromatic heterocycles. The summed E-state index contributed by atoms with van der Waals surface area (Å²) in [5, 5.41) is 47.1. The van der Waals surface area contributed by atoms with Crippen LogP contribution in [0.2, 0.25) is 0 Å². The van der Waals surface area contributed by atoms with Gasteiger partial charge in [-0.25, -0.2) is 0 Å². The highest BCUT2D eigenvalue weighted by molar-refractivity contribution is 5.69. The van der Waals surface area contributed by atoms with Gasteiger partial charge in [-0.05, 0) is 6.42 Å². The molecule has 0 spiro atoms. The van der Waals surface area contributed by atoms with Crippen LogP contribution >= 0.6 is 0 Å². The fourth-order valence-electron chi connectivity index (χ4n) is 5.25. The lowest BCUT2D eigenvalue weighted by molar-refractivity contribution is -0.156. The van der Waals surface area contributed by atoms with Crippen LogP contribution in [-0.2, 0) is 9.53 Å². The van der Waals surface area contributed by atoms with Gasteiger partial charge in [0.15, 0.2) is 0 Å². The Morgan fingerprint density at radius 3 is 1.20 bits per heavy atom. The zero-order valence-electron chi connectivity index (χ0n) is 27.4. The SMILES string of the molecule is [2H]CCCCCCCCCCCCCCCCCCCCCCCCCCCC(=O)OC[C@@H](O)[C@@H](O)[C@H](O)[C@@H](O)CO. The molecule has 0 radical (unpaired) electrons. The molecule has 0 bridgehead atoms. The minimum atomic E-state index is -1.72. The van der Waals surface area contributed by atoms with Crippen molar-refractivity contribution >= 4 is 5.97 Å². The molecule has 7 heteroatoms. The monoisotopic (exact) mass is 590 g/mol. The van der Waals surface area contributed by atoms with Crippen LogP contribution in [0.4, 0.5) is 0 Å². The summed E-state index contributed by atoms with van der Waals surface area (Å²) >= 11 is 0. The van der Waals surface area contributed by atoms with Gasteiger partial charge in [0.05, 0.1) is 6.61 Å². The summed E-state index contributed by atoms with van der Waals surface area (Å²) in [6.07, 6.45) is 26.1. The number of carbonyl (C=O) groups excluding carboxylic acids is 1. The minimum Gasteiger partial charge on any atom is -0.463 e. The average molecular weight is 590 g/mol.